The monoisotopic (exact) mass is 416 g/mol. The van der Waals surface area contributed by atoms with Crippen LogP contribution in [0.5, 0.6) is 0 Å². The van der Waals surface area contributed by atoms with Gasteiger partial charge in [-0.25, -0.2) is 15.0 Å². The summed E-state index contributed by atoms with van der Waals surface area (Å²) in [5.41, 5.74) is 2.21. The lowest BCUT2D eigenvalue weighted by atomic mass is 9.98. The second kappa shape index (κ2) is 9.71. The van der Waals surface area contributed by atoms with Gasteiger partial charge in [-0.15, -0.1) is 0 Å². The van der Waals surface area contributed by atoms with Crippen molar-refractivity contribution in [2.45, 2.75) is 58.5 Å². The van der Waals surface area contributed by atoms with Crippen LogP contribution in [0.3, 0.4) is 0 Å². The van der Waals surface area contributed by atoms with E-state index in [1.807, 2.05) is 25.1 Å². The number of nitriles is 1. The van der Waals surface area contributed by atoms with Crippen molar-refractivity contribution in [1.29, 1.82) is 5.26 Å². The topological polar surface area (TPSA) is 90.9 Å². The number of nitrogens with one attached hydrogen (secondary N) is 1. The van der Waals surface area contributed by atoms with Crippen LogP contribution in [0.25, 0.3) is 0 Å². The summed E-state index contributed by atoms with van der Waals surface area (Å²) < 4.78 is 6.04. The van der Waals surface area contributed by atoms with E-state index in [1.165, 1.54) is 12.8 Å². The molecule has 3 aromatic heterocycles. The number of pyridine rings is 1. The van der Waals surface area contributed by atoms with E-state index in [9.17, 15) is 0 Å². The number of furan rings is 1. The average Bonchev–Trinajstić information content (AvgIpc) is 3.21. The summed E-state index contributed by atoms with van der Waals surface area (Å²) in [6.45, 7) is 5.90. The molecule has 7 nitrogen and oxygen atoms in total. The first-order valence-electron chi connectivity index (χ1n) is 10.9. The van der Waals surface area contributed by atoms with Gasteiger partial charge in [-0.2, -0.15) is 5.26 Å². The molecule has 1 N–H and O–H groups in total. The molecule has 3 aromatic rings. The second-order valence-corrected chi connectivity index (χ2v) is 7.99. The maximum absolute atomic E-state index is 8.93. The molecule has 4 heterocycles. The number of anilines is 2. The third kappa shape index (κ3) is 5.28. The highest BCUT2D eigenvalue weighted by atomic mass is 16.3. The predicted octanol–water partition coefficient (Wildman–Crippen LogP) is 5.07. The van der Waals surface area contributed by atoms with Crippen molar-refractivity contribution in [3.05, 3.63) is 65.3 Å². The van der Waals surface area contributed by atoms with E-state index < -0.39 is 0 Å². The Balaban J connectivity index is 1.53. The van der Waals surface area contributed by atoms with Crippen LogP contribution < -0.4 is 5.32 Å². The van der Waals surface area contributed by atoms with Gasteiger partial charge in [0.25, 0.3) is 0 Å². The maximum atomic E-state index is 8.93. The highest BCUT2D eigenvalue weighted by Gasteiger charge is 2.26. The van der Waals surface area contributed by atoms with Gasteiger partial charge in [-0.05, 0) is 57.0 Å². The average molecular weight is 417 g/mol. The molecule has 0 bridgehead atoms. The van der Waals surface area contributed by atoms with Gasteiger partial charge in [0.1, 0.15) is 34.9 Å². The molecule has 1 saturated heterocycles. The van der Waals surface area contributed by atoms with Crippen molar-refractivity contribution in [2.75, 3.05) is 11.9 Å². The van der Waals surface area contributed by atoms with Gasteiger partial charge in [0.05, 0.1) is 30.2 Å². The highest BCUT2D eigenvalue weighted by molar-refractivity contribution is 5.55. The highest BCUT2D eigenvalue weighted by Crippen LogP contribution is 2.32. The van der Waals surface area contributed by atoms with Gasteiger partial charge >= 0.3 is 0 Å². The molecule has 1 fully saturated rings. The lowest BCUT2D eigenvalue weighted by molar-refractivity contribution is 0.126. The summed E-state index contributed by atoms with van der Waals surface area (Å²) in [5.74, 6) is 3.55. The zero-order valence-electron chi connectivity index (χ0n) is 18.1. The van der Waals surface area contributed by atoms with Crippen molar-refractivity contribution < 1.29 is 4.42 Å². The standard InChI is InChI=1S/C24H28N6O/c1-3-6-20-10-11-21(31-20)16-30-12-5-4-7-23(30)22-13-24(28-17(2)27-22)29-19-9-8-18(14-25)26-15-19/h8-11,13,15,23H,3-7,12,16H2,1-2H3,(H,27,28,29)/t23-/m0/s1. The number of likely N-dealkylation sites (tertiary alicyclic amines) is 1. The Hall–Kier alpha value is -3.24. The van der Waals surface area contributed by atoms with Crippen LogP contribution >= 0.6 is 0 Å². The van der Waals surface area contributed by atoms with Crippen molar-refractivity contribution in [3.8, 4) is 6.07 Å². The van der Waals surface area contributed by atoms with Crippen molar-refractivity contribution >= 4 is 11.5 Å². The fraction of sp³-hybridized carbons (Fsp3) is 0.417. The van der Waals surface area contributed by atoms with E-state index in [1.54, 1.807) is 12.3 Å². The van der Waals surface area contributed by atoms with E-state index in [0.29, 0.717) is 5.69 Å². The molecule has 31 heavy (non-hydrogen) atoms. The number of nitrogens with zero attached hydrogens (tertiary/aromatic N) is 5. The smallest absolute Gasteiger partial charge is 0.140 e. The van der Waals surface area contributed by atoms with Gasteiger partial charge in [-0.1, -0.05) is 13.3 Å². The zero-order chi connectivity index (χ0) is 21.6. The van der Waals surface area contributed by atoms with Gasteiger partial charge in [-0.3, -0.25) is 4.90 Å². The first kappa shape index (κ1) is 21.0. The third-order valence-corrected chi connectivity index (χ3v) is 5.54. The molecule has 160 valence electrons. The van der Waals surface area contributed by atoms with Gasteiger partial charge in [0, 0.05) is 12.5 Å². The number of piperidine rings is 1. The van der Waals surface area contributed by atoms with Crippen molar-refractivity contribution in [2.24, 2.45) is 0 Å². The fourth-order valence-corrected chi connectivity index (χ4v) is 4.11. The first-order chi connectivity index (χ1) is 15.1. The Bertz CT molecular complexity index is 1050. The van der Waals surface area contributed by atoms with E-state index in [4.69, 9.17) is 14.7 Å². The molecule has 0 aromatic carbocycles. The molecule has 4 rings (SSSR count). The summed E-state index contributed by atoms with van der Waals surface area (Å²) in [6.07, 6.45) is 7.15. The van der Waals surface area contributed by atoms with Crippen LogP contribution in [0.4, 0.5) is 11.5 Å². The summed E-state index contributed by atoms with van der Waals surface area (Å²) in [4.78, 5) is 15.9. The molecular formula is C24H28N6O. The van der Waals surface area contributed by atoms with E-state index >= 15 is 0 Å². The van der Waals surface area contributed by atoms with Crippen LogP contribution in [-0.2, 0) is 13.0 Å². The summed E-state index contributed by atoms with van der Waals surface area (Å²) in [5, 5.41) is 12.2. The molecule has 1 atom stereocenters. The largest absolute Gasteiger partial charge is 0.465 e. The predicted molar refractivity (Wildman–Crippen MR) is 119 cm³/mol. The third-order valence-electron chi connectivity index (χ3n) is 5.54. The van der Waals surface area contributed by atoms with Crippen LogP contribution in [0.2, 0.25) is 0 Å². The minimum atomic E-state index is 0.231. The Morgan fingerprint density at radius 1 is 1.19 bits per heavy atom. The number of rotatable bonds is 7. The molecule has 0 radical (unpaired) electrons. The van der Waals surface area contributed by atoms with Gasteiger partial charge < -0.3 is 9.73 Å². The number of hydrogen-bond donors (Lipinski definition) is 1. The summed E-state index contributed by atoms with van der Waals surface area (Å²) in [7, 11) is 0. The Morgan fingerprint density at radius 2 is 2.06 bits per heavy atom. The summed E-state index contributed by atoms with van der Waals surface area (Å²) in [6, 6.07) is 12.0. The Labute approximate surface area is 183 Å². The molecule has 0 amide bonds. The zero-order valence-corrected chi connectivity index (χ0v) is 18.1. The van der Waals surface area contributed by atoms with E-state index in [0.717, 1.165) is 66.9 Å². The minimum Gasteiger partial charge on any atom is -0.465 e. The molecule has 0 saturated carbocycles. The van der Waals surface area contributed by atoms with E-state index in [2.05, 4.69) is 39.2 Å². The minimum absolute atomic E-state index is 0.231. The molecule has 7 heteroatoms. The Morgan fingerprint density at radius 3 is 2.84 bits per heavy atom. The second-order valence-electron chi connectivity index (χ2n) is 7.99. The fourth-order valence-electron chi connectivity index (χ4n) is 4.11. The molecule has 0 aliphatic carbocycles. The van der Waals surface area contributed by atoms with Gasteiger partial charge in [0.2, 0.25) is 0 Å². The molecule has 0 unspecified atom stereocenters. The lowest BCUT2D eigenvalue weighted by Crippen LogP contribution is -2.33. The van der Waals surface area contributed by atoms with E-state index in [-0.39, 0.29) is 6.04 Å². The number of hydrogen-bond acceptors (Lipinski definition) is 7. The Kier molecular flexibility index (Phi) is 6.58. The van der Waals surface area contributed by atoms with Crippen LogP contribution in [-0.4, -0.2) is 26.4 Å². The van der Waals surface area contributed by atoms with Crippen LogP contribution in [0.1, 0.15) is 67.4 Å². The summed E-state index contributed by atoms with van der Waals surface area (Å²) >= 11 is 0. The van der Waals surface area contributed by atoms with Crippen molar-refractivity contribution in [1.82, 2.24) is 19.9 Å². The first-order valence-corrected chi connectivity index (χ1v) is 10.9. The number of aryl methyl sites for hydroxylation is 2. The van der Waals surface area contributed by atoms with Crippen LogP contribution in [0.15, 0.2) is 40.9 Å². The van der Waals surface area contributed by atoms with Crippen molar-refractivity contribution in [3.63, 3.8) is 0 Å². The SMILES string of the molecule is CCCc1ccc(CN2CCCC[C@H]2c2cc(Nc3ccc(C#N)nc3)nc(C)n2)o1. The van der Waals surface area contributed by atoms with Gasteiger partial charge in [0.15, 0.2) is 0 Å². The molecule has 1 aliphatic rings. The molecule has 0 spiro atoms. The normalized spacial score (nSPS) is 16.7. The number of aromatic nitrogens is 3. The molecular weight excluding hydrogens is 388 g/mol. The lowest BCUT2D eigenvalue weighted by Gasteiger charge is -2.35. The quantitative estimate of drug-likeness (QED) is 0.575. The molecule has 1 aliphatic heterocycles. The van der Waals surface area contributed by atoms with Crippen LogP contribution in [0, 0.1) is 18.3 Å². The maximum Gasteiger partial charge on any atom is 0.140 e.